The van der Waals surface area contributed by atoms with Gasteiger partial charge >= 0.3 is 0 Å². The maximum Gasteiger partial charge on any atom is 0.0948 e. The molecule has 2 heteroatoms. The van der Waals surface area contributed by atoms with Gasteiger partial charge in [0.25, 0.3) is 0 Å². The van der Waals surface area contributed by atoms with Gasteiger partial charge in [-0.15, -0.1) is 0 Å². The zero-order valence-electron chi connectivity index (χ0n) is 6.41. The molecule has 0 aliphatic heterocycles. The Hall–Kier alpha value is -1.31. The molecule has 55 valence electrons. The Morgan fingerprint density at radius 1 is 1.45 bits per heavy atom. The molecule has 2 nitrogen and oxygen atoms in total. The third-order valence-corrected chi connectivity index (χ3v) is 1.68. The molecule has 0 unspecified atom stereocenters. The number of rotatable bonds is 1. The highest BCUT2D eigenvalue weighted by atomic mass is 15.3. The molecule has 1 aromatic heterocycles. The minimum Gasteiger partial charge on any atom is -0.262 e. The summed E-state index contributed by atoms with van der Waals surface area (Å²) in [6.45, 7) is 2.94. The Kier molecular flexibility index (Phi) is 1.39. The quantitative estimate of drug-likeness (QED) is 0.598. The molecule has 0 amide bonds. The summed E-state index contributed by atoms with van der Waals surface area (Å²) in [6, 6.07) is 8.01. The van der Waals surface area contributed by atoms with Gasteiger partial charge in [-0.05, 0) is 13.0 Å². The van der Waals surface area contributed by atoms with Crippen LogP contribution in [0.25, 0.3) is 10.9 Å². The van der Waals surface area contributed by atoms with Crippen molar-refractivity contribution in [2.24, 2.45) is 0 Å². The zero-order valence-corrected chi connectivity index (χ0v) is 6.41. The predicted molar refractivity (Wildman–Crippen MR) is 44.2 cm³/mol. The number of fused-ring (bicyclic) bond motifs is 1. The highest BCUT2D eigenvalue weighted by molar-refractivity contribution is 5.76. The van der Waals surface area contributed by atoms with Gasteiger partial charge in [-0.3, -0.25) is 4.68 Å². The second-order valence-electron chi connectivity index (χ2n) is 2.44. The fraction of sp³-hybridized carbons (Fsp3) is 0.222. The highest BCUT2D eigenvalue weighted by Gasteiger charge is 1.96. The first-order valence-electron chi connectivity index (χ1n) is 3.75. The number of aromatic nitrogens is 2. The molecule has 0 saturated heterocycles. The number of benzene rings is 1. The topological polar surface area (TPSA) is 17.8 Å². The van der Waals surface area contributed by atoms with Crippen LogP contribution in [0, 0.1) is 6.20 Å². The summed E-state index contributed by atoms with van der Waals surface area (Å²) >= 11 is 0. The Balaban J connectivity index is 2.69. The predicted octanol–water partition coefficient (Wildman–Crippen LogP) is 1.86. The van der Waals surface area contributed by atoms with Crippen molar-refractivity contribution in [1.82, 2.24) is 9.78 Å². The fourth-order valence-corrected chi connectivity index (χ4v) is 1.10. The van der Waals surface area contributed by atoms with Crippen LogP contribution in [0.15, 0.2) is 24.3 Å². The molecule has 2 rings (SSSR count). The average Bonchev–Trinajstić information content (AvgIpc) is 2.46. The minimum absolute atomic E-state index is 0.884. The smallest absolute Gasteiger partial charge is 0.0948 e. The maximum absolute atomic E-state index is 4.29. The van der Waals surface area contributed by atoms with Crippen molar-refractivity contribution in [3.63, 3.8) is 0 Å². The molecule has 0 N–H and O–H groups in total. The van der Waals surface area contributed by atoms with Gasteiger partial charge < -0.3 is 0 Å². The number of aryl methyl sites for hydroxylation is 1. The van der Waals surface area contributed by atoms with Crippen LogP contribution in [0.4, 0.5) is 0 Å². The van der Waals surface area contributed by atoms with Crippen molar-refractivity contribution in [2.75, 3.05) is 0 Å². The molecule has 0 fully saturated rings. The highest BCUT2D eigenvalue weighted by Crippen LogP contribution is 2.09. The van der Waals surface area contributed by atoms with Crippen LogP contribution >= 0.6 is 0 Å². The Labute approximate surface area is 65.5 Å². The van der Waals surface area contributed by atoms with E-state index in [0.29, 0.717) is 0 Å². The van der Waals surface area contributed by atoms with Gasteiger partial charge in [0.15, 0.2) is 0 Å². The third-order valence-electron chi connectivity index (χ3n) is 1.68. The summed E-state index contributed by atoms with van der Waals surface area (Å²) < 4.78 is 1.82. The van der Waals surface area contributed by atoms with E-state index in [2.05, 4.69) is 18.2 Å². The van der Waals surface area contributed by atoms with E-state index in [1.54, 1.807) is 0 Å². The standard InChI is InChI=1S/C9H9N2/c1-2-11-7-8-5-3-4-6-9(8)10-11/h3-6H,2H2,1H3. The van der Waals surface area contributed by atoms with E-state index in [1.165, 1.54) is 0 Å². The monoisotopic (exact) mass is 145 g/mol. The van der Waals surface area contributed by atoms with Gasteiger partial charge in [0, 0.05) is 11.9 Å². The lowest BCUT2D eigenvalue weighted by atomic mass is 10.3. The van der Waals surface area contributed by atoms with Crippen molar-refractivity contribution < 1.29 is 0 Å². The second-order valence-corrected chi connectivity index (χ2v) is 2.44. The van der Waals surface area contributed by atoms with Crippen LogP contribution in [-0.2, 0) is 6.54 Å². The Morgan fingerprint density at radius 2 is 2.27 bits per heavy atom. The van der Waals surface area contributed by atoms with Crippen LogP contribution < -0.4 is 0 Å². The average molecular weight is 145 g/mol. The molecule has 11 heavy (non-hydrogen) atoms. The molecule has 1 radical (unpaired) electrons. The van der Waals surface area contributed by atoms with Crippen LogP contribution in [0.3, 0.4) is 0 Å². The summed E-state index contributed by atoms with van der Waals surface area (Å²) in [5, 5.41) is 5.38. The molecular weight excluding hydrogens is 136 g/mol. The molecule has 1 heterocycles. The van der Waals surface area contributed by atoms with Gasteiger partial charge in [-0.2, -0.15) is 5.10 Å². The van der Waals surface area contributed by atoms with Crippen molar-refractivity contribution >= 4 is 10.9 Å². The maximum atomic E-state index is 4.29. The largest absolute Gasteiger partial charge is 0.262 e. The molecule has 0 aliphatic rings. The van der Waals surface area contributed by atoms with Crippen molar-refractivity contribution in [2.45, 2.75) is 13.5 Å². The van der Waals surface area contributed by atoms with Crippen molar-refractivity contribution in [3.8, 4) is 0 Å². The first kappa shape index (κ1) is 6.40. The molecule has 0 aliphatic carbocycles. The fourth-order valence-electron chi connectivity index (χ4n) is 1.10. The van der Waals surface area contributed by atoms with Crippen LogP contribution in [0.1, 0.15) is 6.92 Å². The lowest BCUT2D eigenvalue weighted by molar-refractivity contribution is 0.663. The van der Waals surface area contributed by atoms with E-state index in [9.17, 15) is 0 Å². The molecular formula is C9H9N2. The first-order chi connectivity index (χ1) is 5.40. The van der Waals surface area contributed by atoms with Crippen LogP contribution in [0.2, 0.25) is 0 Å². The van der Waals surface area contributed by atoms with Crippen molar-refractivity contribution in [3.05, 3.63) is 30.5 Å². The lowest BCUT2D eigenvalue weighted by Gasteiger charge is -1.87. The van der Waals surface area contributed by atoms with E-state index in [0.717, 1.165) is 17.4 Å². The first-order valence-corrected chi connectivity index (χ1v) is 3.75. The molecule has 0 saturated carbocycles. The van der Waals surface area contributed by atoms with E-state index >= 15 is 0 Å². The zero-order chi connectivity index (χ0) is 7.68. The number of nitrogens with zero attached hydrogens (tertiary/aromatic N) is 2. The molecule has 0 atom stereocenters. The number of hydrogen-bond acceptors (Lipinski definition) is 1. The summed E-state index contributed by atoms with van der Waals surface area (Å²) in [5.41, 5.74) is 1.02. The van der Waals surface area contributed by atoms with Gasteiger partial charge in [-0.25, -0.2) is 0 Å². The van der Waals surface area contributed by atoms with E-state index in [-0.39, 0.29) is 0 Å². The summed E-state index contributed by atoms with van der Waals surface area (Å²) in [7, 11) is 0. The van der Waals surface area contributed by atoms with Gasteiger partial charge in [0.1, 0.15) is 0 Å². The SMILES string of the molecule is CCn1[c]c2ccccc2n1. The molecule has 2 aromatic rings. The van der Waals surface area contributed by atoms with E-state index < -0.39 is 0 Å². The lowest BCUT2D eigenvalue weighted by Crippen LogP contribution is -1.92. The summed E-state index contributed by atoms with van der Waals surface area (Å²) in [5.74, 6) is 0. The minimum atomic E-state index is 0.884. The van der Waals surface area contributed by atoms with Crippen molar-refractivity contribution in [1.29, 1.82) is 0 Å². The van der Waals surface area contributed by atoms with E-state index in [4.69, 9.17) is 0 Å². The van der Waals surface area contributed by atoms with Gasteiger partial charge in [0.2, 0.25) is 0 Å². The summed E-state index contributed by atoms with van der Waals surface area (Å²) in [4.78, 5) is 0. The Morgan fingerprint density at radius 3 is 3.00 bits per heavy atom. The molecule has 1 aromatic carbocycles. The third kappa shape index (κ3) is 1.00. The Bertz CT molecular complexity index is 329. The van der Waals surface area contributed by atoms with Gasteiger partial charge in [0.05, 0.1) is 11.7 Å². The molecule has 0 spiro atoms. The van der Waals surface area contributed by atoms with Gasteiger partial charge in [-0.1, -0.05) is 18.2 Å². The van der Waals surface area contributed by atoms with Crippen LogP contribution in [-0.4, -0.2) is 9.78 Å². The summed E-state index contributed by atoms with van der Waals surface area (Å²) in [6.07, 6.45) is 3.15. The normalized spacial score (nSPS) is 10.6. The number of hydrogen-bond donors (Lipinski definition) is 0. The van der Waals surface area contributed by atoms with E-state index in [1.807, 2.05) is 28.9 Å². The van der Waals surface area contributed by atoms with Crippen LogP contribution in [0.5, 0.6) is 0 Å². The second kappa shape index (κ2) is 2.38. The molecule has 0 bridgehead atoms.